The van der Waals surface area contributed by atoms with E-state index in [1.807, 2.05) is 61.5 Å². The summed E-state index contributed by atoms with van der Waals surface area (Å²) in [6, 6.07) is 23.3. The van der Waals surface area contributed by atoms with E-state index < -0.39 is 17.5 Å². The second-order valence-electron chi connectivity index (χ2n) is 10.5. The summed E-state index contributed by atoms with van der Waals surface area (Å²) in [6.45, 7) is 8.68. The number of benzene rings is 3. The molecule has 1 amide bonds. The van der Waals surface area contributed by atoms with Gasteiger partial charge in [0.2, 0.25) is 0 Å². The van der Waals surface area contributed by atoms with Crippen molar-refractivity contribution in [1.29, 1.82) is 0 Å². The van der Waals surface area contributed by atoms with E-state index in [-0.39, 0.29) is 34.8 Å². The maximum atomic E-state index is 12.7. The van der Waals surface area contributed by atoms with E-state index in [1.54, 1.807) is 12.1 Å². The zero-order valence-corrected chi connectivity index (χ0v) is 22.7. The molecule has 39 heavy (non-hydrogen) atoms. The fourth-order valence-electron chi connectivity index (χ4n) is 4.05. The van der Waals surface area contributed by atoms with Gasteiger partial charge in [0.1, 0.15) is 22.6 Å². The van der Waals surface area contributed by atoms with Crippen molar-refractivity contribution >= 4 is 22.8 Å². The highest BCUT2D eigenvalue weighted by Gasteiger charge is 2.17. The van der Waals surface area contributed by atoms with Crippen LogP contribution in [-0.2, 0) is 10.2 Å². The van der Waals surface area contributed by atoms with Crippen LogP contribution in [0.25, 0.3) is 11.0 Å². The zero-order chi connectivity index (χ0) is 28.0. The normalized spacial score (nSPS) is 12.1. The molecule has 4 aromatic rings. The van der Waals surface area contributed by atoms with E-state index in [1.165, 1.54) is 17.7 Å². The van der Waals surface area contributed by atoms with Gasteiger partial charge in [0.15, 0.2) is 0 Å². The Morgan fingerprint density at radius 2 is 1.62 bits per heavy atom. The second-order valence-corrected chi connectivity index (χ2v) is 10.5. The largest absolute Gasteiger partial charge is 0.494 e. The Hall–Kier alpha value is -4.39. The number of nitrogens with one attached hydrogen (secondary N) is 1. The van der Waals surface area contributed by atoms with Gasteiger partial charge < -0.3 is 19.2 Å². The van der Waals surface area contributed by atoms with Gasteiger partial charge in [0, 0.05) is 17.9 Å². The molecular formula is C32H33NO6. The molecule has 0 aliphatic heterocycles. The Morgan fingerprint density at radius 1 is 0.923 bits per heavy atom. The Balaban J connectivity index is 1.31. The van der Waals surface area contributed by atoms with Crippen LogP contribution in [0, 0.1) is 0 Å². The van der Waals surface area contributed by atoms with Crippen LogP contribution in [0.2, 0.25) is 0 Å². The van der Waals surface area contributed by atoms with Crippen molar-refractivity contribution in [2.45, 2.75) is 52.0 Å². The van der Waals surface area contributed by atoms with Crippen LogP contribution in [-0.4, -0.2) is 18.5 Å². The third-order valence-corrected chi connectivity index (χ3v) is 6.35. The Labute approximate surface area is 227 Å². The minimum Gasteiger partial charge on any atom is -0.494 e. The lowest BCUT2D eigenvalue weighted by atomic mass is 9.87. The van der Waals surface area contributed by atoms with Crippen LogP contribution < -0.4 is 20.4 Å². The van der Waals surface area contributed by atoms with Crippen LogP contribution in [0.1, 0.15) is 68.1 Å². The van der Waals surface area contributed by atoms with E-state index in [4.69, 9.17) is 13.9 Å². The summed E-state index contributed by atoms with van der Waals surface area (Å²) in [4.78, 5) is 37.6. The maximum Gasteiger partial charge on any atom is 0.349 e. The lowest BCUT2D eigenvalue weighted by molar-refractivity contribution is -0.134. The molecule has 202 valence electrons. The van der Waals surface area contributed by atoms with Gasteiger partial charge in [0.05, 0.1) is 12.6 Å². The van der Waals surface area contributed by atoms with Gasteiger partial charge in [-0.05, 0) is 60.2 Å². The van der Waals surface area contributed by atoms with Crippen molar-refractivity contribution in [2.75, 3.05) is 6.61 Å². The first-order valence-electron chi connectivity index (χ1n) is 13.0. The summed E-state index contributed by atoms with van der Waals surface area (Å²) >= 11 is 0. The molecule has 1 aromatic heterocycles. The monoisotopic (exact) mass is 527 g/mol. The SMILES string of the molecule is CC(NC(=O)c1cc2ccc(OC(=O)CCCOc3ccc(C(C)(C)C)cc3)cc2oc1=O)c1ccccc1. The number of carbonyl (C=O) groups is 2. The third-order valence-electron chi connectivity index (χ3n) is 6.35. The summed E-state index contributed by atoms with van der Waals surface area (Å²) in [5.74, 6) is 0.0619. The molecule has 1 unspecified atom stereocenters. The fourth-order valence-corrected chi connectivity index (χ4v) is 4.05. The number of fused-ring (bicyclic) bond motifs is 1. The van der Waals surface area contributed by atoms with Gasteiger partial charge in [-0.2, -0.15) is 0 Å². The second kappa shape index (κ2) is 12.0. The molecule has 1 N–H and O–H groups in total. The highest BCUT2D eigenvalue weighted by atomic mass is 16.5. The van der Waals surface area contributed by atoms with E-state index >= 15 is 0 Å². The van der Waals surface area contributed by atoms with Gasteiger partial charge in [-0.1, -0.05) is 63.2 Å². The molecule has 7 nitrogen and oxygen atoms in total. The Bertz CT molecular complexity index is 1500. The lowest BCUT2D eigenvalue weighted by Gasteiger charge is -2.19. The number of carbonyl (C=O) groups excluding carboxylic acids is 2. The highest BCUT2D eigenvalue weighted by molar-refractivity contribution is 5.97. The summed E-state index contributed by atoms with van der Waals surface area (Å²) < 4.78 is 16.5. The smallest absolute Gasteiger partial charge is 0.349 e. The van der Waals surface area contributed by atoms with E-state index in [9.17, 15) is 14.4 Å². The molecule has 0 aliphatic carbocycles. The molecule has 1 heterocycles. The summed E-state index contributed by atoms with van der Waals surface area (Å²) in [7, 11) is 0. The summed E-state index contributed by atoms with van der Waals surface area (Å²) in [6.07, 6.45) is 0.656. The van der Waals surface area contributed by atoms with Crippen molar-refractivity contribution < 1.29 is 23.5 Å². The van der Waals surface area contributed by atoms with Gasteiger partial charge in [0.25, 0.3) is 5.91 Å². The van der Waals surface area contributed by atoms with Crippen molar-refractivity contribution in [3.05, 3.63) is 106 Å². The molecule has 1 atom stereocenters. The van der Waals surface area contributed by atoms with Gasteiger partial charge in [-0.3, -0.25) is 9.59 Å². The number of rotatable bonds is 9. The molecule has 0 aliphatic rings. The van der Waals surface area contributed by atoms with Crippen molar-refractivity contribution in [3.63, 3.8) is 0 Å². The predicted molar refractivity (Wildman–Crippen MR) is 150 cm³/mol. The Kier molecular flexibility index (Phi) is 8.49. The van der Waals surface area contributed by atoms with Crippen molar-refractivity contribution in [2.24, 2.45) is 0 Å². The molecular weight excluding hydrogens is 494 g/mol. The average Bonchev–Trinajstić information content (AvgIpc) is 2.91. The number of ether oxygens (including phenoxy) is 2. The highest BCUT2D eigenvalue weighted by Crippen LogP contribution is 2.25. The van der Waals surface area contributed by atoms with Crippen LogP contribution in [0.3, 0.4) is 0 Å². The van der Waals surface area contributed by atoms with Crippen LogP contribution >= 0.6 is 0 Å². The van der Waals surface area contributed by atoms with E-state index in [2.05, 4.69) is 26.1 Å². The fraction of sp³-hybridized carbons (Fsp3) is 0.281. The molecule has 0 saturated carbocycles. The number of hydrogen-bond acceptors (Lipinski definition) is 6. The molecule has 0 fully saturated rings. The Morgan fingerprint density at radius 3 is 2.31 bits per heavy atom. The van der Waals surface area contributed by atoms with Gasteiger partial charge in [-0.25, -0.2) is 4.79 Å². The quantitative estimate of drug-likeness (QED) is 0.118. The van der Waals surface area contributed by atoms with Gasteiger partial charge >= 0.3 is 11.6 Å². The molecule has 0 saturated heterocycles. The number of esters is 1. The molecule has 3 aromatic carbocycles. The number of hydrogen-bond donors (Lipinski definition) is 1. The maximum absolute atomic E-state index is 12.7. The predicted octanol–water partition coefficient (Wildman–Crippen LogP) is 6.35. The van der Waals surface area contributed by atoms with Gasteiger partial charge in [-0.15, -0.1) is 0 Å². The molecule has 4 rings (SSSR count). The molecule has 0 bridgehead atoms. The minimum atomic E-state index is -0.767. The van der Waals surface area contributed by atoms with E-state index in [0.717, 1.165) is 11.3 Å². The molecule has 7 heteroatoms. The molecule has 0 radical (unpaired) electrons. The van der Waals surface area contributed by atoms with Crippen molar-refractivity contribution in [1.82, 2.24) is 5.32 Å². The van der Waals surface area contributed by atoms with Crippen molar-refractivity contribution in [3.8, 4) is 11.5 Å². The zero-order valence-electron chi connectivity index (χ0n) is 22.7. The first-order chi connectivity index (χ1) is 18.6. The summed E-state index contributed by atoms with van der Waals surface area (Å²) in [5.41, 5.74) is 1.58. The first kappa shape index (κ1) is 27.6. The standard InChI is InChI=1S/C32H33NO6/c1-21(22-9-6-5-7-10-22)33-30(35)27-19-23-12-15-26(20-28(23)39-31(27)36)38-29(34)11-8-18-37-25-16-13-24(14-17-25)32(2,3)4/h5-7,9-10,12-17,19-21H,8,11,18H2,1-4H3,(H,33,35). The van der Waals surface area contributed by atoms with E-state index in [0.29, 0.717) is 18.4 Å². The first-order valence-corrected chi connectivity index (χ1v) is 13.0. The third kappa shape index (κ3) is 7.35. The van der Waals surface area contributed by atoms with Crippen LogP contribution in [0.4, 0.5) is 0 Å². The average molecular weight is 528 g/mol. The molecule has 0 spiro atoms. The van der Waals surface area contributed by atoms with Crippen LogP contribution in [0.5, 0.6) is 11.5 Å². The lowest BCUT2D eigenvalue weighted by Crippen LogP contribution is -2.30. The summed E-state index contributed by atoms with van der Waals surface area (Å²) in [5, 5.41) is 3.36. The van der Waals surface area contributed by atoms with Crippen LogP contribution in [0.15, 0.2) is 88.1 Å². The minimum absolute atomic E-state index is 0.0751. The topological polar surface area (TPSA) is 94.8 Å². The number of amides is 1.